The number of halogens is 2. The van der Waals surface area contributed by atoms with Crippen LogP contribution < -0.4 is 10.2 Å². The topological polar surface area (TPSA) is 48.5 Å². The Morgan fingerprint density at radius 1 is 1.19 bits per heavy atom. The van der Waals surface area contributed by atoms with Crippen LogP contribution in [-0.2, 0) is 0 Å². The third-order valence-electron chi connectivity index (χ3n) is 4.68. The van der Waals surface area contributed by atoms with Gasteiger partial charge in [-0.25, -0.2) is 4.98 Å². The highest BCUT2D eigenvalue weighted by atomic mass is 79.9. The number of pyridine rings is 1. The van der Waals surface area contributed by atoms with Gasteiger partial charge in [0.1, 0.15) is 11.6 Å². The van der Waals surface area contributed by atoms with E-state index < -0.39 is 0 Å². The number of nitrogens with zero attached hydrogens (tertiary/aromatic N) is 3. The third kappa shape index (κ3) is 5.19. The van der Waals surface area contributed by atoms with Crippen molar-refractivity contribution in [3.05, 3.63) is 52.5 Å². The normalized spacial score (nSPS) is 15.2. The standard InChI is InChI=1S/C19H23BrN4O.ClH/c1-23-12-10-16(11-13-23)24(2)18-5-3-4-17(21-18)22-19(25)14-6-8-15(20)9-7-14;/h3-9,16H,10-13H2,1-2H3,(H,21,22,25);1H. The molecule has 5 nitrogen and oxygen atoms in total. The number of hydrogen-bond donors (Lipinski definition) is 1. The maximum Gasteiger partial charge on any atom is 0.256 e. The van der Waals surface area contributed by atoms with E-state index in [0.717, 1.165) is 36.2 Å². The zero-order chi connectivity index (χ0) is 17.8. The minimum absolute atomic E-state index is 0. The quantitative estimate of drug-likeness (QED) is 0.781. The second-order valence-electron chi connectivity index (χ2n) is 6.49. The van der Waals surface area contributed by atoms with Crippen LogP contribution in [0.4, 0.5) is 11.6 Å². The summed E-state index contributed by atoms with van der Waals surface area (Å²) in [6.07, 6.45) is 2.26. The zero-order valence-corrected chi connectivity index (χ0v) is 17.4. The van der Waals surface area contributed by atoms with Crippen molar-refractivity contribution in [1.29, 1.82) is 0 Å². The summed E-state index contributed by atoms with van der Waals surface area (Å²) in [7, 11) is 4.24. The van der Waals surface area contributed by atoms with E-state index in [1.807, 2.05) is 30.3 Å². The maximum atomic E-state index is 12.4. The number of amides is 1. The minimum Gasteiger partial charge on any atom is -0.357 e. The molecule has 3 rings (SSSR count). The van der Waals surface area contributed by atoms with Gasteiger partial charge in [-0.3, -0.25) is 4.79 Å². The molecule has 1 saturated heterocycles. The predicted octanol–water partition coefficient (Wildman–Crippen LogP) is 4.05. The number of carbonyl (C=O) groups is 1. The second kappa shape index (κ2) is 9.35. The largest absolute Gasteiger partial charge is 0.357 e. The summed E-state index contributed by atoms with van der Waals surface area (Å²) in [5, 5.41) is 2.88. The molecule has 1 N–H and O–H groups in total. The number of rotatable bonds is 4. The van der Waals surface area contributed by atoms with Crippen molar-refractivity contribution in [3.63, 3.8) is 0 Å². The van der Waals surface area contributed by atoms with E-state index >= 15 is 0 Å². The van der Waals surface area contributed by atoms with Crippen molar-refractivity contribution < 1.29 is 4.79 Å². The van der Waals surface area contributed by atoms with Gasteiger partial charge in [-0.05, 0) is 69.4 Å². The molecule has 0 saturated carbocycles. The zero-order valence-electron chi connectivity index (χ0n) is 15.0. The summed E-state index contributed by atoms with van der Waals surface area (Å²) in [6.45, 7) is 2.21. The van der Waals surface area contributed by atoms with Crippen molar-refractivity contribution in [2.75, 3.05) is 37.4 Å². The SMILES string of the molecule is CN1CCC(N(C)c2cccc(NC(=O)c3ccc(Br)cc3)n2)CC1.Cl. The van der Waals surface area contributed by atoms with E-state index in [4.69, 9.17) is 0 Å². The fourth-order valence-corrected chi connectivity index (χ4v) is 3.31. The number of likely N-dealkylation sites (tertiary alicyclic amines) is 1. The minimum atomic E-state index is -0.154. The lowest BCUT2D eigenvalue weighted by atomic mass is 10.0. The molecule has 0 unspecified atom stereocenters. The molecule has 0 aliphatic carbocycles. The highest BCUT2D eigenvalue weighted by Crippen LogP contribution is 2.21. The van der Waals surface area contributed by atoms with Crippen molar-refractivity contribution in [1.82, 2.24) is 9.88 Å². The number of nitrogens with one attached hydrogen (secondary N) is 1. The van der Waals surface area contributed by atoms with Gasteiger partial charge < -0.3 is 15.1 Å². The van der Waals surface area contributed by atoms with E-state index in [9.17, 15) is 4.79 Å². The lowest BCUT2D eigenvalue weighted by Gasteiger charge is -2.35. The molecule has 2 aromatic rings. The molecule has 1 aromatic heterocycles. The van der Waals surface area contributed by atoms with Crippen LogP contribution in [-0.4, -0.2) is 49.0 Å². The molecule has 0 radical (unpaired) electrons. The summed E-state index contributed by atoms with van der Waals surface area (Å²) in [6, 6.07) is 13.5. The Morgan fingerprint density at radius 2 is 1.85 bits per heavy atom. The lowest BCUT2D eigenvalue weighted by Crippen LogP contribution is -2.42. The van der Waals surface area contributed by atoms with Crippen LogP contribution >= 0.6 is 28.3 Å². The Kier molecular flexibility index (Phi) is 7.43. The molecule has 140 valence electrons. The van der Waals surface area contributed by atoms with Gasteiger partial charge in [0.25, 0.3) is 5.91 Å². The Labute approximate surface area is 169 Å². The summed E-state index contributed by atoms with van der Waals surface area (Å²) in [5.41, 5.74) is 0.610. The Hall–Kier alpha value is -1.63. The van der Waals surface area contributed by atoms with Gasteiger partial charge in [0.15, 0.2) is 0 Å². The number of piperidine rings is 1. The molecular formula is C19H24BrClN4O. The summed E-state index contributed by atoms with van der Waals surface area (Å²) in [4.78, 5) is 21.6. The summed E-state index contributed by atoms with van der Waals surface area (Å²) < 4.78 is 0.948. The molecule has 0 bridgehead atoms. The average Bonchev–Trinajstić information content (AvgIpc) is 2.62. The molecule has 2 heterocycles. The molecular weight excluding hydrogens is 416 g/mol. The number of benzene rings is 1. The van der Waals surface area contributed by atoms with Crippen LogP contribution in [0.3, 0.4) is 0 Å². The molecule has 26 heavy (non-hydrogen) atoms. The predicted molar refractivity (Wildman–Crippen MR) is 113 cm³/mol. The van der Waals surface area contributed by atoms with Crippen LogP contribution in [0.15, 0.2) is 46.9 Å². The van der Waals surface area contributed by atoms with Gasteiger partial charge >= 0.3 is 0 Å². The molecule has 0 spiro atoms. The summed E-state index contributed by atoms with van der Waals surface area (Å²) >= 11 is 3.38. The van der Waals surface area contributed by atoms with E-state index in [0.29, 0.717) is 17.4 Å². The molecule has 1 amide bonds. The van der Waals surface area contributed by atoms with Crippen molar-refractivity contribution in [2.45, 2.75) is 18.9 Å². The van der Waals surface area contributed by atoms with Gasteiger partial charge in [0.2, 0.25) is 0 Å². The average molecular weight is 440 g/mol. The number of anilines is 2. The van der Waals surface area contributed by atoms with Crippen LogP contribution in [0.25, 0.3) is 0 Å². The van der Waals surface area contributed by atoms with Crippen LogP contribution in [0.2, 0.25) is 0 Å². The molecule has 1 aromatic carbocycles. The Bertz CT molecular complexity index is 733. The van der Waals surface area contributed by atoms with E-state index in [1.54, 1.807) is 12.1 Å². The summed E-state index contributed by atoms with van der Waals surface area (Å²) in [5.74, 6) is 1.31. The highest BCUT2D eigenvalue weighted by Gasteiger charge is 2.21. The van der Waals surface area contributed by atoms with E-state index in [-0.39, 0.29) is 18.3 Å². The van der Waals surface area contributed by atoms with E-state index in [2.05, 4.69) is 50.1 Å². The highest BCUT2D eigenvalue weighted by molar-refractivity contribution is 9.10. The van der Waals surface area contributed by atoms with Gasteiger partial charge in [-0.2, -0.15) is 0 Å². The lowest BCUT2D eigenvalue weighted by molar-refractivity contribution is 0.102. The van der Waals surface area contributed by atoms with Crippen LogP contribution in [0.5, 0.6) is 0 Å². The third-order valence-corrected chi connectivity index (χ3v) is 5.21. The molecule has 1 aliphatic rings. The number of hydrogen-bond acceptors (Lipinski definition) is 4. The number of carbonyl (C=O) groups excluding carboxylic acids is 1. The van der Waals surface area contributed by atoms with Crippen molar-refractivity contribution in [2.24, 2.45) is 0 Å². The van der Waals surface area contributed by atoms with Crippen molar-refractivity contribution >= 4 is 45.9 Å². The van der Waals surface area contributed by atoms with Gasteiger partial charge in [-0.15, -0.1) is 12.4 Å². The molecule has 7 heteroatoms. The van der Waals surface area contributed by atoms with Crippen molar-refractivity contribution in [3.8, 4) is 0 Å². The first-order valence-electron chi connectivity index (χ1n) is 8.48. The Balaban J connectivity index is 0.00000243. The van der Waals surface area contributed by atoms with Crippen LogP contribution in [0.1, 0.15) is 23.2 Å². The first kappa shape index (κ1) is 20.7. The first-order valence-corrected chi connectivity index (χ1v) is 9.27. The first-order chi connectivity index (χ1) is 12.0. The van der Waals surface area contributed by atoms with Gasteiger partial charge in [-0.1, -0.05) is 22.0 Å². The Morgan fingerprint density at radius 3 is 2.50 bits per heavy atom. The maximum absolute atomic E-state index is 12.4. The van der Waals surface area contributed by atoms with Gasteiger partial charge in [0, 0.05) is 23.1 Å². The number of aromatic nitrogens is 1. The smallest absolute Gasteiger partial charge is 0.256 e. The monoisotopic (exact) mass is 438 g/mol. The van der Waals surface area contributed by atoms with Gasteiger partial charge in [0.05, 0.1) is 0 Å². The fraction of sp³-hybridized carbons (Fsp3) is 0.368. The van der Waals surface area contributed by atoms with E-state index in [1.165, 1.54) is 0 Å². The molecule has 1 aliphatic heterocycles. The fourth-order valence-electron chi connectivity index (χ4n) is 3.05. The second-order valence-corrected chi connectivity index (χ2v) is 7.40. The van der Waals surface area contributed by atoms with Crippen LogP contribution in [0, 0.1) is 0 Å². The molecule has 1 fully saturated rings. The molecule has 0 atom stereocenters.